The van der Waals surface area contributed by atoms with E-state index in [1.165, 1.54) is 0 Å². The summed E-state index contributed by atoms with van der Waals surface area (Å²) >= 11 is 0. The second kappa shape index (κ2) is 15.3. The summed E-state index contributed by atoms with van der Waals surface area (Å²) in [5.74, 6) is 0.783. The van der Waals surface area contributed by atoms with Gasteiger partial charge in [-0.25, -0.2) is 15.0 Å². The zero-order chi connectivity index (χ0) is 42.1. The highest BCUT2D eigenvalue weighted by molar-refractivity contribution is 6.71. The first-order chi connectivity index (χ1) is 28.8. The van der Waals surface area contributed by atoms with E-state index in [4.69, 9.17) is 106 Å². The lowest BCUT2D eigenvalue weighted by Crippen LogP contribution is -2.55. The highest BCUT2D eigenvalue weighted by atomic mass is 16.3. The molecule has 9 rings (SSSR count). The maximum Gasteiger partial charge on any atom is 0.164 e. The van der Waals surface area contributed by atoms with Crippen molar-refractivity contribution in [2.45, 2.75) is 0 Å². The van der Waals surface area contributed by atoms with E-state index in [9.17, 15) is 0 Å². The number of aromatic nitrogens is 3. The van der Waals surface area contributed by atoms with E-state index in [2.05, 4.69) is 36.4 Å². The molecular formula is C45H18B11N3O. The average molecular weight is 736 g/mol. The largest absolute Gasteiger partial charge is 0.457 e. The van der Waals surface area contributed by atoms with Crippen LogP contribution in [0.15, 0.2) is 114 Å². The molecule has 0 aliphatic rings. The number of benzene rings is 7. The maximum absolute atomic E-state index is 7.23. The Morgan fingerprint density at radius 2 is 0.633 bits per heavy atom. The second-order valence-corrected chi connectivity index (χ2v) is 14.4. The van der Waals surface area contributed by atoms with Crippen LogP contribution in [0.25, 0.3) is 89.5 Å². The summed E-state index contributed by atoms with van der Waals surface area (Å²) in [7, 11) is 72.5. The van der Waals surface area contributed by atoms with E-state index in [0.717, 1.165) is 22.3 Å². The lowest BCUT2D eigenvalue weighted by Gasteiger charge is -2.25. The Morgan fingerprint density at radius 3 is 1.15 bits per heavy atom. The van der Waals surface area contributed by atoms with E-state index in [1.54, 1.807) is 0 Å². The minimum Gasteiger partial charge on any atom is -0.457 e. The van der Waals surface area contributed by atoms with Crippen LogP contribution in [0.4, 0.5) is 0 Å². The van der Waals surface area contributed by atoms with Crippen molar-refractivity contribution in [3.05, 3.63) is 109 Å². The molecule has 0 atom stereocenters. The molecule has 0 saturated carbocycles. The minimum atomic E-state index is -0.0175. The van der Waals surface area contributed by atoms with Crippen LogP contribution in [-0.4, -0.2) is 101 Å². The van der Waals surface area contributed by atoms with Gasteiger partial charge in [-0.2, -0.15) is 0 Å². The molecule has 0 N–H and O–H groups in total. The molecule has 0 amide bonds. The third-order valence-electron chi connectivity index (χ3n) is 10.9. The highest BCUT2D eigenvalue weighted by Gasteiger charge is 2.28. The lowest BCUT2D eigenvalue weighted by molar-refractivity contribution is 0.674. The third kappa shape index (κ3) is 6.36. The summed E-state index contributed by atoms with van der Waals surface area (Å²) < 4.78 is 6.43. The van der Waals surface area contributed by atoms with E-state index in [0.29, 0.717) is 22.8 Å². The molecule has 0 saturated heterocycles. The molecule has 0 spiro atoms. The topological polar surface area (TPSA) is 51.8 Å². The van der Waals surface area contributed by atoms with Gasteiger partial charge in [-0.15, -0.1) is 27.3 Å². The fourth-order valence-electron chi connectivity index (χ4n) is 7.62. The van der Waals surface area contributed by atoms with Gasteiger partial charge >= 0.3 is 0 Å². The zero-order valence-corrected chi connectivity index (χ0v) is 32.0. The predicted octanol–water partition coefficient (Wildman–Crippen LogP) is -1.50. The molecule has 9 aromatic rings. The van der Waals surface area contributed by atoms with Crippen LogP contribution in [0.1, 0.15) is 0 Å². The molecule has 0 unspecified atom stereocenters. The van der Waals surface area contributed by atoms with E-state index in [1.807, 2.05) is 72.8 Å². The number of furan rings is 1. The van der Waals surface area contributed by atoms with Crippen molar-refractivity contribution in [2.24, 2.45) is 0 Å². The Labute approximate surface area is 362 Å². The van der Waals surface area contributed by atoms with Crippen LogP contribution in [0.5, 0.6) is 0 Å². The van der Waals surface area contributed by atoms with Gasteiger partial charge < -0.3 is 4.42 Å². The first-order valence-corrected chi connectivity index (χ1v) is 18.6. The lowest BCUT2D eigenvalue weighted by atomic mass is 9.58. The van der Waals surface area contributed by atoms with Crippen LogP contribution >= 0.6 is 0 Å². The number of fused-ring (bicyclic) bond motifs is 3. The predicted molar refractivity (Wildman–Crippen MR) is 259 cm³/mol. The number of hydrogen-bond donors (Lipinski definition) is 0. The van der Waals surface area contributed by atoms with Crippen LogP contribution in [0, 0.1) is 0 Å². The number of hydrogen-bond acceptors (Lipinski definition) is 4. The summed E-state index contributed by atoms with van der Waals surface area (Å²) in [4.78, 5) is 14.8. The molecule has 60 heavy (non-hydrogen) atoms. The first kappa shape index (κ1) is 39.5. The third-order valence-corrected chi connectivity index (χ3v) is 10.9. The molecule has 15 heteroatoms. The number of nitrogens with zero attached hydrogens (tertiary/aromatic N) is 3. The molecule has 0 fully saturated rings. The molecule has 2 heterocycles. The molecule has 4 nitrogen and oxygen atoms in total. The van der Waals surface area contributed by atoms with E-state index >= 15 is 0 Å². The fraction of sp³-hybridized carbons (Fsp3) is 0. The monoisotopic (exact) mass is 737 g/mol. The van der Waals surface area contributed by atoms with E-state index < -0.39 is 0 Å². The molecule has 0 aliphatic heterocycles. The van der Waals surface area contributed by atoms with Crippen molar-refractivity contribution in [1.82, 2.24) is 15.0 Å². The van der Waals surface area contributed by atoms with Crippen molar-refractivity contribution in [3.8, 4) is 67.5 Å². The standard InChI is InChI=1S/C45H18B11N3O/c46-30-25(27-31(47)35(51)38(54)36(52)32(27)48)26-28-33(49)37(53)39(55)40(56)42(28)60-41(26)34(50)29(30)45-58-43(23-9-5-2-6-10-23)57-44(59-45)24-17-15-22(16-18-24)21-13-11-20(12-14-21)19-7-3-1-4-8-19/h1-18H. The summed E-state index contributed by atoms with van der Waals surface area (Å²) in [6.07, 6.45) is 0. The Balaban J connectivity index is 1.29. The van der Waals surface area contributed by atoms with Gasteiger partial charge in [-0.05, 0) is 38.8 Å². The summed E-state index contributed by atoms with van der Waals surface area (Å²) in [5, 5.41) is 0.532. The highest BCUT2D eigenvalue weighted by Crippen LogP contribution is 2.35. The van der Waals surface area contributed by atoms with Gasteiger partial charge in [0, 0.05) is 27.5 Å². The molecule has 22 radical (unpaired) electrons. The molecular weight excluding hydrogens is 717 g/mol. The smallest absolute Gasteiger partial charge is 0.164 e. The Kier molecular flexibility index (Phi) is 10.1. The molecule has 0 aliphatic carbocycles. The van der Waals surface area contributed by atoms with Gasteiger partial charge in [0.15, 0.2) is 17.5 Å². The fourth-order valence-corrected chi connectivity index (χ4v) is 7.62. The van der Waals surface area contributed by atoms with Gasteiger partial charge in [0.2, 0.25) is 0 Å². The Morgan fingerprint density at radius 1 is 0.267 bits per heavy atom. The minimum absolute atomic E-state index is 0.00175. The second-order valence-electron chi connectivity index (χ2n) is 14.4. The van der Waals surface area contributed by atoms with Gasteiger partial charge in [-0.3, -0.25) is 0 Å². The van der Waals surface area contributed by atoms with Crippen LogP contribution in [0.3, 0.4) is 0 Å². The zero-order valence-electron chi connectivity index (χ0n) is 32.0. The van der Waals surface area contributed by atoms with Crippen molar-refractivity contribution in [1.29, 1.82) is 0 Å². The molecule has 0 bridgehead atoms. The quantitative estimate of drug-likeness (QED) is 0.196. The molecule has 252 valence electrons. The SMILES string of the molecule is [B]c1c([B])c([B])c(-c2c([B])c(-c3nc(-c4ccccc4)nc(-c4ccc(-c5ccc(-c6ccccc6)cc5)cc4)n3)c([B])c3oc4c([B])c([B])c([B])c([B])c4c23)c([B])c1[B]. The summed E-state index contributed by atoms with van der Waals surface area (Å²) in [5.41, 5.74) is 6.56. The van der Waals surface area contributed by atoms with Crippen LogP contribution in [-0.2, 0) is 0 Å². The Hall–Kier alpha value is -5.94. The van der Waals surface area contributed by atoms with Crippen molar-refractivity contribution >= 4 is 168 Å². The maximum atomic E-state index is 7.23. The van der Waals surface area contributed by atoms with Gasteiger partial charge in [-0.1, -0.05) is 137 Å². The number of rotatable bonds is 6. The summed E-state index contributed by atoms with van der Waals surface area (Å²) in [6, 6.07) is 35.9. The van der Waals surface area contributed by atoms with Crippen molar-refractivity contribution in [2.75, 3.05) is 0 Å². The molecule has 7 aromatic carbocycles. The molecule has 2 aromatic heterocycles. The van der Waals surface area contributed by atoms with Crippen molar-refractivity contribution in [3.63, 3.8) is 0 Å². The van der Waals surface area contributed by atoms with Gasteiger partial charge in [0.25, 0.3) is 0 Å². The Bertz CT molecular complexity index is 3170. The average Bonchev–Trinajstić information content (AvgIpc) is 3.69. The first-order valence-electron chi connectivity index (χ1n) is 18.6. The summed E-state index contributed by atoms with van der Waals surface area (Å²) in [6.45, 7) is 0. The van der Waals surface area contributed by atoms with Crippen LogP contribution in [0.2, 0.25) is 0 Å². The van der Waals surface area contributed by atoms with Crippen LogP contribution < -0.4 is 60.1 Å². The van der Waals surface area contributed by atoms with E-state index in [-0.39, 0.29) is 105 Å². The van der Waals surface area contributed by atoms with Gasteiger partial charge in [0.05, 0.1) is 0 Å². The normalized spacial score (nSPS) is 11.4. The van der Waals surface area contributed by atoms with Crippen molar-refractivity contribution < 1.29 is 4.42 Å². The van der Waals surface area contributed by atoms with Gasteiger partial charge in [0.1, 0.15) is 97.5 Å².